The predicted octanol–water partition coefficient (Wildman–Crippen LogP) is -0.118. The number of unbranched alkanes of at least 4 members (excludes halogenated alkanes) is 1. The highest BCUT2D eigenvalue weighted by molar-refractivity contribution is 5.87. The maximum Gasteiger partial charge on any atom is 0.326 e. The highest BCUT2D eigenvalue weighted by Gasteiger charge is 2.18. The molecule has 0 aliphatic heterocycles. The third-order valence-electron chi connectivity index (χ3n) is 1.98. The Morgan fingerprint density at radius 3 is 2.38 bits per heavy atom. The number of carbonyl (C=O) groups is 3. The quantitative estimate of drug-likeness (QED) is 0.568. The van der Waals surface area contributed by atoms with Crippen molar-refractivity contribution >= 4 is 17.8 Å². The first kappa shape index (κ1) is 14.4. The zero-order valence-electron chi connectivity index (χ0n) is 9.58. The Hall–Kier alpha value is -1.59. The van der Waals surface area contributed by atoms with Crippen LogP contribution in [0.5, 0.6) is 0 Å². The highest BCUT2D eigenvalue weighted by atomic mass is 16.4. The molecule has 3 N–H and O–H groups in total. The molecule has 0 aliphatic rings. The lowest BCUT2D eigenvalue weighted by Crippen LogP contribution is -2.45. The van der Waals surface area contributed by atoms with Crippen LogP contribution in [0, 0.1) is 0 Å². The maximum atomic E-state index is 11.2. The Morgan fingerprint density at radius 2 is 1.94 bits per heavy atom. The van der Waals surface area contributed by atoms with Gasteiger partial charge in [0.1, 0.15) is 6.04 Å². The van der Waals surface area contributed by atoms with E-state index in [2.05, 4.69) is 10.6 Å². The summed E-state index contributed by atoms with van der Waals surface area (Å²) >= 11 is 0. The first-order valence-corrected chi connectivity index (χ1v) is 5.24. The molecule has 0 aromatic carbocycles. The van der Waals surface area contributed by atoms with Crippen LogP contribution in [0.1, 0.15) is 33.1 Å². The van der Waals surface area contributed by atoms with Crippen LogP contribution in [-0.4, -0.2) is 35.5 Å². The molecular weight excluding hydrogens is 212 g/mol. The third kappa shape index (κ3) is 6.80. The van der Waals surface area contributed by atoms with Gasteiger partial charge in [0, 0.05) is 6.92 Å². The zero-order chi connectivity index (χ0) is 12.6. The number of aliphatic carboxylic acids is 1. The first-order valence-electron chi connectivity index (χ1n) is 5.24. The molecule has 1 unspecified atom stereocenters. The highest BCUT2D eigenvalue weighted by Crippen LogP contribution is 2.00. The van der Waals surface area contributed by atoms with Gasteiger partial charge in [-0.25, -0.2) is 4.79 Å². The van der Waals surface area contributed by atoms with Crippen LogP contribution < -0.4 is 10.6 Å². The molecule has 0 fully saturated rings. The van der Waals surface area contributed by atoms with E-state index < -0.39 is 17.9 Å². The smallest absolute Gasteiger partial charge is 0.326 e. The van der Waals surface area contributed by atoms with E-state index >= 15 is 0 Å². The summed E-state index contributed by atoms with van der Waals surface area (Å²) in [6, 6.07) is -0.874. The molecule has 0 aliphatic carbocycles. The number of hydrogen-bond acceptors (Lipinski definition) is 3. The molecule has 0 rings (SSSR count). The van der Waals surface area contributed by atoms with Gasteiger partial charge in [0.15, 0.2) is 0 Å². The number of carboxylic acid groups (broad SMARTS) is 1. The number of nitrogens with one attached hydrogen (secondary N) is 2. The molecule has 0 aromatic heterocycles. The van der Waals surface area contributed by atoms with E-state index in [1.54, 1.807) is 0 Å². The van der Waals surface area contributed by atoms with Crippen LogP contribution in [0.2, 0.25) is 0 Å². The van der Waals surface area contributed by atoms with E-state index in [4.69, 9.17) is 5.11 Å². The van der Waals surface area contributed by atoms with E-state index in [0.29, 0.717) is 6.42 Å². The van der Waals surface area contributed by atoms with Crippen LogP contribution in [0.3, 0.4) is 0 Å². The van der Waals surface area contributed by atoms with Gasteiger partial charge in [-0.05, 0) is 6.42 Å². The molecule has 0 aromatic rings. The van der Waals surface area contributed by atoms with Gasteiger partial charge >= 0.3 is 5.97 Å². The van der Waals surface area contributed by atoms with Crippen molar-refractivity contribution in [2.45, 2.75) is 39.2 Å². The third-order valence-corrected chi connectivity index (χ3v) is 1.98. The Morgan fingerprint density at radius 1 is 1.31 bits per heavy atom. The Labute approximate surface area is 94.4 Å². The molecule has 0 bridgehead atoms. The molecule has 6 nitrogen and oxygen atoms in total. The molecular formula is C10H18N2O4. The summed E-state index contributed by atoms with van der Waals surface area (Å²) in [5.74, 6) is -1.86. The average molecular weight is 230 g/mol. The maximum absolute atomic E-state index is 11.2. The van der Waals surface area contributed by atoms with Gasteiger partial charge in [0.05, 0.1) is 6.54 Å². The van der Waals surface area contributed by atoms with Gasteiger partial charge in [-0.1, -0.05) is 19.8 Å². The Bertz CT molecular complexity index is 266. The number of rotatable bonds is 7. The molecule has 0 saturated heterocycles. The number of carboxylic acids is 1. The summed E-state index contributed by atoms with van der Waals surface area (Å²) < 4.78 is 0. The molecule has 92 valence electrons. The summed E-state index contributed by atoms with van der Waals surface area (Å²) in [5.41, 5.74) is 0. The summed E-state index contributed by atoms with van der Waals surface area (Å²) in [4.78, 5) is 32.5. The van der Waals surface area contributed by atoms with Crippen molar-refractivity contribution in [3.05, 3.63) is 0 Å². The SMILES string of the molecule is CCCCC(NC(=O)CNC(C)=O)C(=O)O. The lowest BCUT2D eigenvalue weighted by Gasteiger charge is -2.13. The van der Waals surface area contributed by atoms with E-state index in [0.717, 1.165) is 12.8 Å². The molecule has 1 atom stereocenters. The topological polar surface area (TPSA) is 95.5 Å². The monoisotopic (exact) mass is 230 g/mol. The molecule has 0 radical (unpaired) electrons. The van der Waals surface area contributed by atoms with E-state index in [-0.39, 0.29) is 12.5 Å². The fourth-order valence-electron chi connectivity index (χ4n) is 1.12. The predicted molar refractivity (Wildman–Crippen MR) is 57.8 cm³/mol. The Kier molecular flexibility index (Phi) is 6.91. The van der Waals surface area contributed by atoms with Crippen LogP contribution in [0.4, 0.5) is 0 Å². The number of carbonyl (C=O) groups excluding carboxylic acids is 2. The number of hydrogen-bond donors (Lipinski definition) is 3. The minimum Gasteiger partial charge on any atom is -0.480 e. The molecule has 0 spiro atoms. The van der Waals surface area contributed by atoms with Crippen LogP contribution in [0.25, 0.3) is 0 Å². The average Bonchev–Trinajstić information content (AvgIpc) is 2.20. The zero-order valence-corrected chi connectivity index (χ0v) is 9.58. The van der Waals surface area contributed by atoms with Gasteiger partial charge < -0.3 is 15.7 Å². The van der Waals surface area contributed by atoms with Gasteiger partial charge in [0.25, 0.3) is 0 Å². The minimum atomic E-state index is -1.05. The van der Waals surface area contributed by atoms with Crippen molar-refractivity contribution in [3.63, 3.8) is 0 Å². The van der Waals surface area contributed by atoms with Gasteiger partial charge in [-0.2, -0.15) is 0 Å². The van der Waals surface area contributed by atoms with Crippen molar-refractivity contribution < 1.29 is 19.5 Å². The second-order valence-corrected chi connectivity index (χ2v) is 3.51. The van der Waals surface area contributed by atoms with Gasteiger partial charge in [0.2, 0.25) is 11.8 Å². The summed E-state index contributed by atoms with van der Waals surface area (Å²) in [6.45, 7) is 3.04. The molecule has 2 amide bonds. The van der Waals surface area contributed by atoms with Gasteiger partial charge in [-0.15, -0.1) is 0 Å². The van der Waals surface area contributed by atoms with E-state index in [1.807, 2.05) is 6.92 Å². The standard InChI is InChI=1S/C10H18N2O4/c1-3-4-5-8(10(15)16)12-9(14)6-11-7(2)13/h8H,3-6H2,1-2H3,(H,11,13)(H,12,14)(H,15,16). The van der Waals surface area contributed by atoms with Crippen molar-refractivity contribution in [3.8, 4) is 0 Å². The summed E-state index contributed by atoms with van der Waals surface area (Å²) in [5, 5.41) is 13.5. The lowest BCUT2D eigenvalue weighted by atomic mass is 10.1. The van der Waals surface area contributed by atoms with Crippen LogP contribution >= 0.6 is 0 Å². The Balaban J connectivity index is 4.02. The molecule has 16 heavy (non-hydrogen) atoms. The lowest BCUT2D eigenvalue weighted by molar-refractivity contribution is -0.141. The van der Waals surface area contributed by atoms with Crippen LogP contribution in [0.15, 0.2) is 0 Å². The van der Waals surface area contributed by atoms with Crippen molar-refractivity contribution in [2.75, 3.05) is 6.54 Å². The summed E-state index contributed by atoms with van der Waals surface area (Å²) in [6.07, 6.45) is 2.00. The molecule has 0 heterocycles. The van der Waals surface area contributed by atoms with E-state index in [1.165, 1.54) is 6.92 Å². The fourth-order valence-corrected chi connectivity index (χ4v) is 1.12. The van der Waals surface area contributed by atoms with Crippen LogP contribution in [-0.2, 0) is 14.4 Å². The number of amides is 2. The van der Waals surface area contributed by atoms with Gasteiger partial charge in [-0.3, -0.25) is 9.59 Å². The first-order chi connectivity index (χ1) is 7.47. The fraction of sp³-hybridized carbons (Fsp3) is 0.700. The van der Waals surface area contributed by atoms with Crippen molar-refractivity contribution in [1.82, 2.24) is 10.6 Å². The van der Waals surface area contributed by atoms with Crippen molar-refractivity contribution in [2.24, 2.45) is 0 Å². The second-order valence-electron chi connectivity index (χ2n) is 3.51. The molecule has 6 heteroatoms. The molecule has 0 saturated carbocycles. The summed E-state index contributed by atoms with van der Waals surface area (Å²) in [7, 11) is 0. The largest absolute Gasteiger partial charge is 0.480 e. The van der Waals surface area contributed by atoms with Crippen molar-refractivity contribution in [1.29, 1.82) is 0 Å². The second kappa shape index (κ2) is 7.67. The minimum absolute atomic E-state index is 0.189. The normalized spacial score (nSPS) is 11.6. The van der Waals surface area contributed by atoms with E-state index in [9.17, 15) is 14.4 Å².